The molecule has 1 aromatic heterocycles. The molecule has 0 radical (unpaired) electrons. The molecule has 22 heavy (non-hydrogen) atoms. The molecular formula is C17H15N3O2. The molecule has 1 aliphatic heterocycles. The van der Waals surface area contributed by atoms with Gasteiger partial charge in [0.05, 0.1) is 5.56 Å². The molecule has 0 saturated heterocycles. The fourth-order valence-corrected chi connectivity index (χ4v) is 2.53. The van der Waals surface area contributed by atoms with Gasteiger partial charge in [-0.1, -0.05) is 24.3 Å². The molecule has 1 aromatic carbocycles. The van der Waals surface area contributed by atoms with E-state index in [1.807, 2.05) is 6.07 Å². The lowest BCUT2D eigenvalue weighted by atomic mass is 10.0. The summed E-state index contributed by atoms with van der Waals surface area (Å²) < 4.78 is 0. The molecule has 0 saturated carbocycles. The van der Waals surface area contributed by atoms with Crippen LogP contribution in [0.5, 0.6) is 0 Å². The lowest BCUT2D eigenvalue weighted by Crippen LogP contribution is -2.50. The number of rotatable bonds is 1. The highest BCUT2D eigenvalue weighted by Crippen LogP contribution is 2.37. The summed E-state index contributed by atoms with van der Waals surface area (Å²) in [5, 5.41) is 13.8. The average molecular weight is 293 g/mol. The fourth-order valence-electron chi connectivity index (χ4n) is 2.53. The number of carbonyl (C=O) groups excluding carboxylic acids is 1. The molecule has 0 bridgehead atoms. The van der Waals surface area contributed by atoms with Crippen LogP contribution in [0.25, 0.3) is 0 Å². The van der Waals surface area contributed by atoms with E-state index in [1.54, 1.807) is 56.7 Å². The maximum atomic E-state index is 12.5. The normalized spacial score (nSPS) is 19.8. The third kappa shape index (κ3) is 2.15. The van der Waals surface area contributed by atoms with Gasteiger partial charge in [0.25, 0.3) is 5.91 Å². The Hall–Kier alpha value is -2.68. The Labute approximate surface area is 128 Å². The number of nitrogens with zero attached hydrogens (tertiary/aromatic N) is 3. The summed E-state index contributed by atoms with van der Waals surface area (Å²) in [6.07, 6.45) is 1.63. The minimum Gasteiger partial charge on any atom is -0.356 e. The van der Waals surface area contributed by atoms with E-state index in [2.05, 4.69) is 16.8 Å². The lowest BCUT2D eigenvalue weighted by Gasteiger charge is -2.34. The number of pyridine rings is 1. The first kappa shape index (κ1) is 14.3. The van der Waals surface area contributed by atoms with E-state index in [4.69, 9.17) is 0 Å². The number of hydrogen-bond acceptors (Lipinski definition) is 4. The zero-order chi connectivity index (χ0) is 15.7. The Balaban J connectivity index is 2.13. The van der Waals surface area contributed by atoms with E-state index >= 15 is 0 Å². The number of aromatic nitrogens is 1. The summed E-state index contributed by atoms with van der Waals surface area (Å²) in [5.41, 5.74) is -0.230. The van der Waals surface area contributed by atoms with Crippen molar-refractivity contribution in [2.75, 3.05) is 14.1 Å². The van der Waals surface area contributed by atoms with Gasteiger partial charge >= 0.3 is 0 Å². The van der Waals surface area contributed by atoms with E-state index in [1.165, 1.54) is 10.0 Å². The molecule has 1 aliphatic rings. The smallest absolute Gasteiger partial charge is 0.272 e. The quantitative estimate of drug-likeness (QED) is 0.803. The minimum absolute atomic E-state index is 0.279. The van der Waals surface area contributed by atoms with Crippen molar-refractivity contribution in [2.45, 2.75) is 5.72 Å². The largest absolute Gasteiger partial charge is 0.356 e. The van der Waals surface area contributed by atoms with Crippen molar-refractivity contribution in [3.63, 3.8) is 0 Å². The van der Waals surface area contributed by atoms with Crippen molar-refractivity contribution >= 4 is 5.91 Å². The summed E-state index contributed by atoms with van der Waals surface area (Å²) >= 11 is 0. The van der Waals surface area contributed by atoms with Crippen LogP contribution >= 0.6 is 0 Å². The highest BCUT2D eigenvalue weighted by molar-refractivity contribution is 6.00. The van der Waals surface area contributed by atoms with Crippen LogP contribution < -0.4 is 0 Å². The van der Waals surface area contributed by atoms with Crippen LogP contribution in [-0.4, -0.2) is 40.1 Å². The van der Waals surface area contributed by atoms with E-state index in [-0.39, 0.29) is 5.91 Å². The van der Waals surface area contributed by atoms with Crippen LogP contribution in [0, 0.1) is 11.8 Å². The number of hydrazine groups is 1. The molecule has 3 rings (SSSR count). The monoisotopic (exact) mass is 293 g/mol. The van der Waals surface area contributed by atoms with Gasteiger partial charge in [-0.25, -0.2) is 15.0 Å². The van der Waals surface area contributed by atoms with Gasteiger partial charge in [0, 0.05) is 25.9 Å². The molecule has 1 atom stereocenters. The molecule has 0 fully saturated rings. The first-order chi connectivity index (χ1) is 10.5. The molecule has 1 N–H and O–H groups in total. The summed E-state index contributed by atoms with van der Waals surface area (Å²) in [4.78, 5) is 16.6. The summed E-state index contributed by atoms with van der Waals surface area (Å²) in [5.74, 6) is 5.36. The van der Waals surface area contributed by atoms with Gasteiger partial charge < -0.3 is 5.11 Å². The zero-order valence-electron chi connectivity index (χ0n) is 12.3. The first-order valence-corrected chi connectivity index (χ1v) is 6.82. The van der Waals surface area contributed by atoms with E-state index in [0.29, 0.717) is 16.8 Å². The second kappa shape index (κ2) is 5.26. The molecule has 5 nitrogen and oxygen atoms in total. The number of aliphatic hydroxyl groups is 1. The third-order valence-corrected chi connectivity index (χ3v) is 3.46. The summed E-state index contributed by atoms with van der Waals surface area (Å²) in [7, 11) is 3.38. The SMILES string of the molecule is CN(C)N1C(=O)c2ccccc2C1(O)C#Cc1ccccn1. The van der Waals surface area contributed by atoms with Gasteiger partial charge in [-0.05, 0) is 30.0 Å². The molecule has 1 amide bonds. The molecule has 0 spiro atoms. The number of benzene rings is 1. The van der Waals surface area contributed by atoms with E-state index in [9.17, 15) is 9.90 Å². The van der Waals surface area contributed by atoms with Crippen molar-refractivity contribution in [3.8, 4) is 11.8 Å². The van der Waals surface area contributed by atoms with Crippen LogP contribution in [0.4, 0.5) is 0 Å². The predicted octanol–water partition coefficient (Wildman–Crippen LogP) is 1.21. The summed E-state index contributed by atoms with van der Waals surface area (Å²) in [6.45, 7) is 0. The Morgan fingerprint density at radius 3 is 2.59 bits per heavy atom. The third-order valence-electron chi connectivity index (χ3n) is 3.46. The van der Waals surface area contributed by atoms with Crippen molar-refractivity contribution in [1.29, 1.82) is 0 Å². The number of amides is 1. The molecule has 5 heteroatoms. The Morgan fingerprint density at radius 1 is 1.18 bits per heavy atom. The van der Waals surface area contributed by atoms with E-state index < -0.39 is 5.72 Å². The van der Waals surface area contributed by atoms with Gasteiger partial charge in [-0.3, -0.25) is 4.79 Å². The standard InChI is InChI=1S/C17H15N3O2/c1-19(2)20-16(21)14-8-3-4-9-15(14)17(20,22)11-10-13-7-5-6-12-18-13/h3-9,12,22H,1-2H3. The van der Waals surface area contributed by atoms with Crippen LogP contribution in [0.2, 0.25) is 0 Å². The Morgan fingerprint density at radius 2 is 1.91 bits per heavy atom. The zero-order valence-corrected chi connectivity index (χ0v) is 12.3. The highest BCUT2D eigenvalue weighted by atomic mass is 16.3. The molecular weight excluding hydrogens is 278 g/mol. The van der Waals surface area contributed by atoms with Crippen LogP contribution in [-0.2, 0) is 5.72 Å². The Kier molecular flexibility index (Phi) is 3.41. The van der Waals surface area contributed by atoms with E-state index in [0.717, 1.165) is 0 Å². The first-order valence-electron chi connectivity index (χ1n) is 6.82. The van der Waals surface area contributed by atoms with Gasteiger partial charge in [-0.15, -0.1) is 0 Å². The maximum Gasteiger partial charge on any atom is 0.272 e. The van der Waals surface area contributed by atoms with Crippen LogP contribution in [0.1, 0.15) is 21.6 Å². The number of hydrogen-bond donors (Lipinski definition) is 1. The highest BCUT2D eigenvalue weighted by Gasteiger charge is 2.49. The lowest BCUT2D eigenvalue weighted by molar-refractivity contribution is -0.125. The predicted molar refractivity (Wildman–Crippen MR) is 81.3 cm³/mol. The topological polar surface area (TPSA) is 56.7 Å². The van der Waals surface area contributed by atoms with Crippen molar-refractivity contribution in [3.05, 3.63) is 65.5 Å². The number of carbonyl (C=O) groups is 1. The minimum atomic E-state index is -1.70. The van der Waals surface area contributed by atoms with Gasteiger partial charge in [-0.2, -0.15) is 0 Å². The second-order valence-corrected chi connectivity index (χ2v) is 5.15. The summed E-state index contributed by atoms with van der Waals surface area (Å²) in [6, 6.07) is 12.3. The van der Waals surface area contributed by atoms with Crippen molar-refractivity contribution < 1.29 is 9.90 Å². The number of fused-ring (bicyclic) bond motifs is 1. The maximum absolute atomic E-state index is 12.5. The molecule has 0 aliphatic carbocycles. The van der Waals surface area contributed by atoms with Gasteiger partial charge in [0.15, 0.2) is 0 Å². The molecule has 110 valence electrons. The molecule has 2 aromatic rings. The average Bonchev–Trinajstić information content (AvgIpc) is 2.75. The van der Waals surface area contributed by atoms with Gasteiger partial charge in [0.2, 0.25) is 5.72 Å². The van der Waals surface area contributed by atoms with Crippen molar-refractivity contribution in [1.82, 2.24) is 15.0 Å². The van der Waals surface area contributed by atoms with Crippen molar-refractivity contribution in [2.24, 2.45) is 0 Å². The molecule has 1 unspecified atom stereocenters. The van der Waals surface area contributed by atoms with Crippen LogP contribution in [0.15, 0.2) is 48.7 Å². The van der Waals surface area contributed by atoms with Gasteiger partial charge in [0.1, 0.15) is 5.69 Å². The Bertz CT molecular complexity index is 777. The second-order valence-electron chi connectivity index (χ2n) is 5.15. The fraction of sp³-hybridized carbons (Fsp3) is 0.176. The molecule has 2 heterocycles. The van der Waals surface area contributed by atoms with Crippen LogP contribution in [0.3, 0.4) is 0 Å².